The van der Waals surface area contributed by atoms with Gasteiger partial charge in [0.25, 0.3) is 0 Å². The van der Waals surface area contributed by atoms with Crippen molar-refractivity contribution in [1.82, 2.24) is 4.72 Å². The van der Waals surface area contributed by atoms with E-state index >= 15 is 0 Å². The molecule has 2 fully saturated rings. The molecule has 2 bridgehead atoms. The summed E-state index contributed by atoms with van der Waals surface area (Å²) in [5, 5.41) is 0. The third-order valence-electron chi connectivity index (χ3n) is 3.74. The largest absolute Gasteiger partial charge is 0.373 e. The fraction of sp³-hybridized carbons (Fsp3) is 0.500. The maximum absolute atomic E-state index is 12.2. The summed E-state index contributed by atoms with van der Waals surface area (Å²) in [6.45, 7) is 0. The topological polar surface area (TPSA) is 93.5 Å². The summed E-state index contributed by atoms with van der Waals surface area (Å²) < 4.78 is 32.9. The van der Waals surface area contributed by atoms with Crippen LogP contribution in [0.15, 0.2) is 29.2 Å². The number of benzene rings is 1. The molecule has 0 amide bonds. The van der Waals surface area contributed by atoms with Crippen LogP contribution in [0.4, 0.5) is 5.69 Å². The number of fused-ring (bicyclic) bond motifs is 2. The fourth-order valence-electron chi connectivity index (χ4n) is 2.76. The molecule has 0 saturated carbocycles. The number of rotatable bonds is 4. The van der Waals surface area contributed by atoms with E-state index in [1.165, 1.54) is 12.1 Å². The van der Waals surface area contributed by atoms with Crippen LogP contribution in [0.5, 0.6) is 0 Å². The molecule has 0 aromatic heterocycles. The summed E-state index contributed by atoms with van der Waals surface area (Å²) in [6.07, 6.45) is 3.01. The quantitative estimate of drug-likeness (QED) is 0.555. The smallest absolute Gasteiger partial charge is 0.240 e. The molecule has 1 aromatic rings. The number of nitrogen functional groups attached to an aromatic ring is 1. The molecule has 2 heterocycles. The van der Waals surface area contributed by atoms with Crippen molar-refractivity contribution in [1.29, 1.82) is 0 Å². The molecule has 3 atom stereocenters. The minimum atomic E-state index is -3.49. The number of hydrazine groups is 1. The van der Waals surface area contributed by atoms with Gasteiger partial charge >= 0.3 is 0 Å². The number of anilines is 1. The first-order chi connectivity index (χ1) is 9.08. The third kappa shape index (κ3) is 2.46. The van der Waals surface area contributed by atoms with Gasteiger partial charge in [-0.2, -0.15) is 0 Å². The molecule has 7 heteroatoms. The Bertz CT molecular complexity index is 558. The van der Waals surface area contributed by atoms with Gasteiger partial charge in [0, 0.05) is 5.69 Å². The molecule has 19 heavy (non-hydrogen) atoms. The summed E-state index contributed by atoms with van der Waals surface area (Å²) in [5.41, 5.74) is 3.13. The van der Waals surface area contributed by atoms with Crippen molar-refractivity contribution in [2.75, 3.05) is 5.43 Å². The minimum absolute atomic E-state index is 0.0322. The molecule has 0 radical (unpaired) electrons. The summed E-state index contributed by atoms with van der Waals surface area (Å²) in [5.74, 6) is 5.25. The molecule has 0 aliphatic carbocycles. The van der Waals surface area contributed by atoms with Gasteiger partial charge in [-0.25, -0.2) is 13.1 Å². The number of hydrogen-bond acceptors (Lipinski definition) is 5. The van der Waals surface area contributed by atoms with Gasteiger partial charge in [-0.15, -0.1) is 0 Å². The predicted octanol–water partition coefficient (Wildman–Crippen LogP) is 0.570. The molecule has 6 nitrogen and oxygen atoms in total. The molecule has 2 aliphatic rings. The maximum Gasteiger partial charge on any atom is 0.240 e. The standard InChI is InChI=1S/C12H17N3O3S/c13-14-8-1-4-10(5-2-8)19(16,17)15-11-7-9-3-6-12(11)18-9/h1-2,4-5,9,11-12,14-15H,3,6-7,13H2. The Labute approximate surface area is 112 Å². The van der Waals surface area contributed by atoms with Crippen LogP contribution in [0.25, 0.3) is 0 Å². The van der Waals surface area contributed by atoms with Gasteiger partial charge in [0.05, 0.1) is 23.1 Å². The van der Waals surface area contributed by atoms with E-state index < -0.39 is 10.0 Å². The van der Waals surface area contributed by atoms with Crippen LogP contribution in [-0.2, 0) is 14.8 Å². The van der Waals surface area contributed by atoms with Crippen LogP contribution in [0, 0.1) is 0 Å². The summed E-state index contributed by atoms with van der Waals surface area (Å²) >= 11 is 0. The molecule has 3 rings (SSSR count). The van der Waals surface area contributed by atoms with Gasteiger partial charge in [0.1, 0.15) is 0 Å². The lowest BCUT2D eigenvalue weighted by molar-refractivity contribution is 0.0996. The van der Waals surface area contributed by atoms with E-state index in [1.807, 2.05) is 0 Å². The molecular formula is C12H17N3O3S. The average Bonchev–Trinajstić information content (AvgIpc) is 3.00. The van der Waals surface area contributed by atoms with E-state index in [1.54, 1.807) is 12.1 Å². The van der Waals surface area contributed by atoms with Gasteiger partial charge in [-0.1, -0.05) is 0 Å². The molecule has 0 spiro atoms. The van der Waals surface area contributed by atoms with Crippen LogP contribution in [0.1, 0.15) is 19.3 Å². The SMILES string of the molecule is NNc1ccc(S(=O)(=O)NC2CC3CCC2O3)cc1. The molecular weight excluding hydrogens is 266 g/mol. The molecule has 4 N–H and O–H groups in total. The zero-order valence-electron chi connectivity index (χ0n) is 10.4. The van der Waals surface area contributed by atoms with E-state index in [-0.39, 0.29) is 23.1 Å². The van der Waals surface area contributed by atoms with Gasteiger partial charge in [0.2, 0.25) is 10.0 Å². The van der Waals surface area contributed by atoms with E-state index in [4.69, 9.17) is 10.6 Å². The number of sulfonamides is 1. The Hall–Kier alpha value is -1.15. The highest BCUT2D eigenvalue weighted by atomic mass is 32.2. The van der Waals surface area contributed by atoms with Crippen molar-refractivity contribution in [3.63, 3.8) is 0 Å². The van der Waals surface area contributed by atoms with Crippen molar-refractivity contribution in [3.05, 3.63) is 24.3 Å². The van der Waals surface area contributed by atoms with Crippen molar-refractivity contribution in [3.8, 4) is 0 Å². The van der Waals surface area contributed by atoms with Crippen LogP contribution in [-0.4, -0.2) is 26.7 Å². The van der Waals surface area contributed by atoms with Gasteiger partial charge in [-0.3, -0.25) is 5.84 Å². The zero-order chi connectivity index (χ0) is 13.5. The van der Waals surface area contributed by atoms with Crippen molar-refractivity contribution >= 4 is 15.7 Å². The molecule has 2 aliphatic heterocycles. The minimum Gasteiger partial charge on any atom is -0.373 e. The van der Waals surface area contributed by atoms with E-state index in [9.17, 15) is 8.42 Å². The predicted molar refractivity (Wildman–Crippen MR) is 70.9 cm³/mol. The maximum atomic E-state index is 12.2. The highest BCUT2D eigenvalue weighted by molar-refractivity contribution is 7.89. The summed E-state index contributed by atoms with van der Waals surface area (Å²) in [6, 6.07) is 6.23. The molecule has 1 aromatic carbocycles. The first-order valence-corrected chi connectivity index (χ1v) is 7.81. The van der Waals surface area contributed by atoms with Gasteiger partial charge in [-0.05, 0) is 43.5 Å². The number of nitrogens with two attached hydrogens (primary N) is 1. The van der Waals surface area contributed by atoms with Crippen LogP contribution in [0.3, 0.4) is 0 Å². The summed E-state index contributed by atoms with van der Waals surface area (Å²) in [4.78, 5) is 0.245. The highest BCUT2D eigenvalue weighted by Crippen LogP contribution is 2.35. The summed E-state index contributed by atoms with van der Waals surface area (Å²) in [7, 11) is -3.49. The van der Waals surface area contributed by atoms with E-state index in [2.05, 4.69) is 10.1 Å². The average molecular weight is 283 g/mol. The zero-order valence-corrected chi connectivity index (χ0v) is 11.2. The van der Waals surface area contributed by atoms with Crippen molar-refractivity contribution < 1.29 is 13.2 Å². The Kier molecular flexibility index (Phi) is 3.22. The Morgan fingerprint density at radius 2 is 1.95 bits per heavy atom. The van der Waals surface area contributed by atoms with Crippen molar-refractivity contribution in [2.45, 2.75) is 42.4 Å². The second kappa shape index (κ2) is 4.75. The number of ether oxygens (including phenoxy) is 1. The second-order valence-electron chi connectivity index (χ2n) is 5.01. The third-order valence-corrected chi connectivity index (χ3v) is 5.25. The fourth-order valence-corrected chi connectivity index (χ4v) is 4.04. The van der Waals surface area contributed by atoms with Gasteiger partial charge < -0.3 is 10.2 Å². The Morgan fingerprint density at radius 1 is 1.21 bits per heavy atom. The number of nitrogens with one attached hydrogen (secondary N) is 2. The van der Waals surface area contributed by atoms with E-state index in [0.29, 0.717) is 5.69 Å². The lowest BCUT2D eigenvalue weighted by Gasteiger charge is -2.20. The molecule has 104 valence electrons. The van der Waals surface area contributed by atoms with Crippen LogP contribution < -0.4 is 16.0 Å². The lowest BCUT2D eigenvalue weighted by atomic mass is 9.96. The normalized spacial score (nSPS) is 29.6. The van der Waals surface area contributed by atoms with Crippen LogP contribution in [0.2, 0.25) is 0 Å². The number of hydrogen-bond donors (Lipinski definition) is 3. The highest BCUT2D eigenvalue weighted by Gasteiger charge is 2.42. The van der Waals surface area contributed by atoms with E-state index in [0.717, 1.165) is 19.3 Å². The monoisotopic (exact) mass is 283 g/mol. The first-order valence-electron chi connectivity index (χ1n) is 6.33. The molecule has 3 unspecified atom stereocenters. The van der Waals surface area contributed by atoms with Crippen LogP contribution >= 0.6 is 0 Å². The Balaban J connectivity index is 1.75. The lowest BCUT2D eigenvalue weighted by Crippen LogP contribution is -2.41. The molecule has 2 saturated heterocycles. The Morgan fingerprint density at radius 3 is 2.47 bits per heavy atom. The van der Waals surface area contributed by atoms with Crippen molar-refractivity contribution in [2.24, 2.45) is 5.84 Å². The van der Waals surface area contributed by atoms with Gasteiger partial charge in [0.15, 0.2) is 0 Å². The first kappa shape index (κ1) is 12.9. The second-order valence-corrected chi connectivity index (χ2v) is 6.72.